The molecule has 0 spiro atoms. The highest BCUT2D eigenvalue weighted by molar-refractivity contribution is 7.07. The van der Waals surface area contributed by atoms with Crippen molar-refractivity contribution in [3.63, 3.8) is 0 Å². The van der Waals surface area contributed by atoms with Gasteiger partial charge in [-0.05, 0) is 18.5 Å². The Bertz CT molecular complexity index is 378. The molecule has 8 heteroatoms. The molecule has 1 rings (SSSR count). The van der Waals surface area contributed by atoms with Crippen LogP contribution in [0.15, 0.2) is 0 Å². The molecular formula is C7H9N3O4S. The molecule has 0 aromatic carbocycles. The van der Waals surface area contributed by atoms with Gasteiger partial charge in [-0.3, -0.25) is 4.79 Å². The SMILES string of the molecule is Cc1nnsc1C(=O)NCC(O)C(=O)O. The van der Waals surface area contributed by atoms with Gasteiger partial charge in [0, 0.05) is 0 Å². The van der Waals surface area contributed by atoms with Crippen LogP contribution in [0.25, 0.3) is 0 Å². The number of aliphatic hydroxyl groups excluding tert-OH is 1. The van der Waals surface area contributed by atoms with Crippen LogP contribution in [0.5, 0.6) is 0 Å². The minimum Gasteiger partial charge on any atom is -0.479 e. The third-order valence-corrected chi connectivity index (χ3v) is 2.43. The van der Waals surface area contributed by atoms with E-state index in [9.17, 15) is 9.59 Å². The highest BCUT2D eigenvalue weighted by Crippen LogP contribution is 2.08. The van der Waals surface area contributed by atoms with Crippen molar-refractivity contribution >= 4 is 23.4 Å². The van der Waals surface area contributed by atoms with E-state index in [4.69, 9.17) is 10.2 Å². The maximum Gasteiger partial charge on any atom is 0.334 e. The van der Waals surface area contributed by atoms with Gasteiger partial charge in [0.1, 0.15) is 4.88 Å². The molecule has 0 aliphatic heterocycles. The predicted octanol–water partition coefficient (Wildman–Crippen LogP) is -0.978. The zero-order chi connectivity index (χ0) is 11.4. The summed E-state index contributed by atoms with van der Waals surface area (Å²) in [7, 11) is 0. The Morgan fingerprint density at radius 3 is 2.73 bits per heavy atom. The monoisotopic (exact) mass is 231 g/mol. The van der Waals surface area contributed by atoms with Gasteiger partial charge < -0.3 is 15.5 Å². The first kappa shape index (κ1) is 11.5. The molecule has 82 valence electrons. The number of carbonyl (C=O) groups excluding carboxylic acids is 1. The fourth-order valence-corrected chi connectivity index (χ4v) is 1.37. The summed E-state index contributed by atoms with van der Waals surface area (Å²) in [6.07, 6.45) is -1.60. The second kappa shape index (κ2) is 4.80. The minimum atomic E-state index is -1.60. The van der Waals surface area contributed by atoms with Gasteiger partial charge in [0.2, 0.25) is 0 Å². The van der Waals surface area contributed by atoms with E-state index in [1.807, 2.05) is 0 Å². The van der Waals surface area contributed by atoms with E-state index in [1.54, 1.807) is 6.92 Å². The summed E-state index contributed by atoms with van der Waals surface area (Å²) in [5, 5.41) is 23.2. The van der Waals surface area contributed by atoms with Gasteiger partial charge in [0.15, 0.2) is 6.10 Å². The second-order valence-electron chi connectivity index (χ2n) is 2.75. The minimum absolute atomic E-state index is 0.313. The van der Waals surface area contributed by atoms with Crippen LogP contribution in [0.2, 0.25) is 0 Å². The van der Waals surface area contributed by atoms with Crippen LogP contribution < -0.4 is 5.32 Å². The summed E-state index contributed by atoms with van der Waals surface area (Å²) in [5.41, 5.74) is 0.474. The van der Waals surface area contributed by atoms with Crippen molar-refractivity contribution in [2.45, 2.75) is 13.0 Å². The first-order chi connectivity index (χ1) is 7.02. The standard InChI is InChI=1S/C7H9N3O4S/c1-3-5(15-10-9-3)6(12)8-2-4(11)7(13)14/h4,11H,2H2,1H3,(H,8,12)(H,13,14). The average Bonchev–Trinajstić information content (AvgIpc) is 2.60. The van der Waals surface area contributed by atoms with Gasteiger partial charge >= 0.3 is 5.97 Å². The molecule has 1 aromatic heterocycles. The summed E-state index contributed by atoms with van der Waals surface area (Å²) in [5.74, 6) is -1.86. The van der Waals surface area contributed by atoms with E-state index in [2.05, 4.69) is 14.9 Å². The topological polar surface area (TPSA) is 112 Å². The number of amides is 1. The number of carboxylic acid groups (broad SMARTS) is 1. The summed E-state index contributed by atoms with van der Waals surface area (Å²) in [6.45, 7) is 1.28. The summed E-state index contributed by atoms with van der Waals surface area (Å²) in [4.78, 5) is 21.9. The Balaban J connectivity index is 2.51. The smallest absolute Gasteiger partial charge is 0.334 e. The maximum atomic E-state index is 11.4. The molecule has 0 aliphatic carbocycles. The Kier molecular flexibility index (Phi) is 3.69. The average molecular weight is 231 g/mol. The fourth-order valence-electron chi connectivity index (χ4n) is 0.797. The molecular weight excluding hydrogens is 222 g/mol. The van der Waals surface area contributed by atoms with Crippen molar-refractivity contribution in [1.29, 1.82) is 0 Å². The van der Waals surface area contributed by atoms with Gasteiger partial charge in [-0.25, -0.2) is 4.79 Å². The number of aryl methyl sites for hydroxylation is 1. The number of carboxylic acids is 1. The number of aromatic nitrogens is 2. The molecule has 15 heavy (non-hydrogen) atoms. The van der Waals surface area contributed by atoms with Crippen molar-refractivity contribution in [2.24, 2.45) is 0 Å². The zero-order valence-corrected chi connectivity index (χ0v) is 8.61. The van der Waals surface area contributed by atoms with Crippen LogP contribution in [0.3, 0.4) is 0 Å². The van der Waals surface area contributed by atoms with Crippen LogP contribution in [0, 0.1) is 6.92 Å². The number of hydrogen-bond acceptors (Lipinski definition) is 6. The molecule has 3 N–H and O–H groups in total. The Morgan fingerprint density at radius 2 is 2.27 bits per heavy atom. The number of rotatable bonds is 4. The molecule has 1 amide bonds. The van der Waals surface area contributed by atoms with E-state index >= 15 is 0 Å². The Labute approximate surface area is 88.9 Å². The molecule has 1 unspecified atom stereocenters. The summed E-state index contributed by atoms with van der Waals surface area (Å²) < 4.78 is 3.56. The first-order valence-corrected chi connectivity index (χ1v) is 4.77. The second-order valence-corrected chi connectivity index (χ2v) is 3.51. The lowest BCUT2D eigenvalue weighted by Gasteiger charge is -2.06. The van der Waals surface area contributed by atoms with Crippen LogP contribution >= 0.6 is 11.5 Å². The molecule has 1 atom stereocenters. The van der Waals surface area contributed by atoms with E-state index in [0.717, 1.165) is 11.5 Å². The zero-order valence-electron chi connectivity index (χ0n) is 7.80. The van der Waals surface area contributed by atoms with E-state index in [0.29, 0.717) is 10.6 Å². The molecule has 0 saturated heterocycles. The first-order valence-electron chi connectivity index (χ1n) is 4.00. The molecule has 7 nitrogen and oxygen atoms in total. The molecule has 1 aromatic rings. The number of aliphatic carboxylic acids is 1. The van der Waals surface area contributed by atoms with Gasteiger partial charge in [0.05, 0.1) is 12.2 Å². The Morgan fingerprint density at radius 1 is 1.60 bits per heavy atom. The van der Waals surface area contributed by atoms with Crippen molar-refractivity contribution in [3.8, 4) is 0 Å². The quantitative estimate of drug-likeness (QED) is 0.614. The predicted molar refractivity (Wildman–Crippen MR) is 50.6 cm³/mol. The van der Waals surface area contributed by atoms with E-state index < -0.39 is 18.0 Å². The normalized spacial score (nSPS) is 12.1. The highest BCUT2D eigenvalue weighted by Gasteiger charge is 2.17. The number of hydrogen-bond donors (Lipinski definition) is 3. The van der Waals surface area contributed by atoms with Gasteiger partial charge in [-0.15, -0.1) is 5.10 Å². The van der Waals surface area contributed by atoms with Crippen molar-refractivity contribution in [2.75, 3.05) is 6.54 Å². The van der Waals surface area contributed by atoms with Crippen LogP contribution in [0.1, 0.15) is 15.4 Å². The number of nitrogens with one attached hydrogen (secondary N) is 1. The highest BCUT2D eigenvalue weighted by atomic mass is 32.1. The van der Waals surface area contributed by atoms with Gasteiger partial charge in [-0.1, -0.05) is 4.49 Å². The van der Waals surface area contributed by atoms with Gasteiger partial charge in [-0.2, -0.15) is 0 Å². The molecule has 0 saturated carbocycles. The van der Waals surface area contributed by atoms with Crippen LogP contribution in [-0.4, -0.2) is 44.3 Å². The van der Waals surface area contributed by atoms with Crippen molar-refractivity contribution < 1.29 is 19.8 Å². The number of carbonyl (C=O) groups is 2. The van der Waals surface area contributed by atoms with E-state index in [1.165, 1.54) is 0 Å². The lowest BCUT2D eigenvalue weighted by molar-refractivity contribution is -0.146. The third kappa shape index (κ3) is 2.96. The number of nitrogens with zero attached hydrogens (tertiary/aromatic N) is 2. The molecule has 0 fully saturated rings. The van der Waals surface area contributed by atoms with Crippen molar-refractivity contribution in [3.05, 3.63) is 10.6 Å². The van der Waals surface area contributed by atoms with Crippen LogP contribution in [-0.2, 0) is 4.79 Å². The summed E-state index contributed by atoms with van der Waals surface area (Å²) >= 11 is 0.915. The Hall–Kier alpha value is -1.54. The largest absolute Gasteiger partial charge is 0.479 e. The molecule has 1 heterocycles. The summed E-state index contributed by atoms with van der Waals surface area (Å²) in [6, 6.07) is 0. The molecule has 0 aliphatic rings. The lowest BCUT2D eigenvalue weighted by Crippen LogP contribution is -2.36. The molecule has 0 bridgehead atoms. The molecule has 0 radical (unpaired) electrons. The lowest BCUT2D eigenvalue weighted by atomic mass is 10.3. The number of aliphatic hydroxyl groups is 1. The van der Waals surface area contributed by atoms with Gasteiger partial charge in [0.25, 0.3) is 5.91 Å². The maximum absolute atomic E-state index is 11.4. The van der Waals surface area contributed by atoms with Crippen molar-refractivity contribution in [1.82, 2.24) is 14.9 Å². The van der Waals surface area contributed by atoms with Crippen LogP contribution in [0.4, 0.5) is 0 Å². The van der Waals surface area contributed by atoms with E-state index in [-0.39, 0.29) is 6.54 Å². The third-order valence-electron chi connectivity index (χ3n) is 1.60. The fraction of sp³-hybridized carbons (Fsp3) is 0.429.